The molecule has 6 heteroatoms. The number of benzene rings is 3. The summed E-state index contributed by atoms with van der Waals surface area (Å²) in [7, 11) is 0. The number of imidazole rings is 1. The molecule has 0 radical (unpaired) electrons. The first-order valence-corrected chi connectivity index (χ1v) is 13.6. The highest BCUT2D eigenvalue weighted by molar-refractivity contribution is 6.30. The Labute approximate surface area is 224 Å². The minimum Gasteiger partial charge on any atom is -0.494 e. The average Bonchev–Trinajstić information content (AvgIpc) is 3.25. The summed E-state index contributed by atoms with van der Waals surface area (Å²) >= 11 is 5.90. The van der Waals surface area contributed by atoms with Gasteiger partial charge in [-0.15, -0.1) is 0 Å². The van der Waals surface area contributed by atoms with Gasteiger partial charge in [0.15, 0.2) is 0 Å². The van der Waals surface area contributed by atoms with Crippen molar-refractivity contribution >= 4 is 28.5 Å². The second kappa shape index (κ2) is 13.3. The van der Waals surface area contributed by atoms with Gasteiger partial charge in [-0.1, -0.05) is 36.2 Å². The van der Waals surface area contributed by atoms with Crippen molar-refractivity contribution in [1.82, 2.24) is 14.9 Å². The van der Waals surface area contributed by atoms with Crippen LogP contribution >= 0.6 is 11.6 Å². The van der Waals surface area contributed by atoms with Gasteiger partial charge in [0, 0.05) is 30.1 Å². The highest BCUT2D eigenvalue weighted by Gasteiger charge is 2.10. The Kier molecular flexibility index (Phi) is 9.61. The van der Waals surface area contributed by atoms with E-state index in [1.54, 1.807) is 24.3 Å². The third-order valence-corrected chi connectivity index (χ3v) is 6.98. The number of nitrogens with zero attached hydrogens (tertiary/aromatic N) is 2. The standard InChI is InChI=1S/C31H36ClN3O2/c1-23-13-18-27(22-24(23)2)37-21-9-8-20-35-29-11-6-5-10-28(29)34-30(35)12-4-3-7-19-33-31(36)25-14-16-26(32)17-15-25/h5-6,10-11,13-18,22H,3-4,7-9,12,19-21H2,1-2H3,(H,33,36). The number of hydrogen-bond acceptors (Lipinski definition) is 3. The molecule has 0 bridgehead atoms. The van der Waals surface area contributed by atoms with Crippen molar-refractivity contribution in [3.05, 3.63) is 94.3 Å². The number of aromatic nitrogens is 2. The van der Waals surface area contributed by atoms with Crippen molar-refractivity contribution in [2.45, 2.75) is 58.9 Å². The van der Waals surface area contributed by atoms with Crippen molar-refractivity contribution in [3.63, 3.8) is 0 Å². The second-order valence-electron chi connectivity index (χ2n) is 9.54. The molecule has 0 spiro atoms. The van der Waals surface area contributed by atoms with Crippen LogP contribution in [-0.4, -0.2) is 28.6 Å². The van der Waals surface area contributed by atoms with Gasteiger partial charge in [-0.25, -0.2) is 4.98 Å². The molecule has 0 aliphatic heterocycles. The van der Waals surface area contributed by atoms with E-state index >= 15 is 0 Å². The van der Waals surface area contributed by atoms with Crippen LogP contribution in [0.2, 0.25) is 5.02 Å². The molecule has 0 saturated heterocycles. The summed E-state index contributed by atoms with van der Waals surface area (Å²) in [6.07, 6.45) is 5.97. The van der Waals surface area contributed by atoms with Gasteiger partial charge in [0.1, 0.15) is 11.6 Å². The minimum absolute atomic E-state index is 0.0556. The lowest BCUT2D eigenvalue weighted by Crippen LogP contribution is -2.24. The summed E-state index contributed by atoms with van der Waals surface area (Å²) in [5, 5.41) is 3.63. The Morgan fingerprint density at radius 3 is 2.54 bits per heavy atom. The van der Waals surface area contributed by atoms with E-state index in [4.69, 9.17) is 21.3 Å². The van der Waals surface area contributed by atoms with Gasteiger partial charge in [0.25, 0.3) is 5.91 Å². The quantitative estimate of drug-likeness (QED) is 0.189. The molecule has 3 aromatic carbocycles. The predicted octanol–water partition coefficient (Wildman–Crippen LogP) is 7.31. The van der Waals surface area contributed by atoms with E-state index in [2.05, 4.69) is 54.1 Å². The summed E-state index contributed by atoms with van der Waals surface area (Å²) in [6, 6.07) is 21.6. The highest BCUT2D eigenvalue weighted by Crippen LogP contribution is 2.20. The maximum Gasteiger partial charge on any atom is 0.251 e. The number of hydrogen-bond donors (Lipinski definition) is 1. The monoisotopic (exact) mass is 517 g/mol. The lowest BCUT2D eigenvalue weighted by molar-refractivity contribution is 0.0953. The van der Waals surface area contributed by atoms with Crippen molar-refractivity contribution in [2.75, 3.05) is 13.2 Å². The van der Waals surface area contributed by atoms with E-state index in [1.807, 2.05) is 12.1 Å². The van der Waals surface area contributed by atoms with Gasteiger partial charge in [0.05, 0.1) is 17.6 Å². The molecule has 0 saturated carbocycles. The van der Waals surface area contributed by atoms with Crippen LogP contribution in [-0.2, 0) is 13.0 Å². The van der Waals surface area contributed by atoms with Gasteiger partial charge in [-0.3, -0.25) is 4.79 Å². The zero-order chi connectivity index (χ0) is 26.0. The first-order chi connectivity index (χ1) is 18.0. The summed E-state index contributed by atoms with van der Waals surface area (Å²) < 4.78 is 8.34. The molecule has 4 aromatic rings. The molecule has 1 amide bonds. The SMILES string of the molecule is Cc1ccc(OCCCCn2c(CCCCCNC(=O)c3ccc(Cl)cc3)nc3ccccc32)cc1C. The maximum atomic E-state index is 12.2. The van der Waals surface area contributed by atoms with Crippen molar-refractivity contribution in [1.29, 1.82) is 0 Å². The van der Waals surface area contributed by atoms with Crippen LogP contribution in [0.4, 0.5) is 0 Å². The third kappa shape index (κ3) is 7.59. The predicted molar refractivity (Wildman–Crippen MR) is 152 cm³/mol. The molecular formula is C31H36ClN3O2. The van der Waals surface area contributed by atoms with Gasteiger partial charge >= 0.3 is 0 Å². The molecule has 194 valence electrons. The molecule has 4 rings (SSSR count). The Morgan fingerprint density at radius 2 is 1.73 bits per heavy atom. The first-order valence-electron chi connectivity index (χ1n) is 13.2. The molecule has 0 atom stereocenters. The second-order valence-corrected chi connectivity index (χ2v) is 9.98. The summed E-state index contributed by atoms with van der Waals surface area (Å²) in [5.41, 5.74) is 5.44. The molecule has 1 N–H and O–H groups in total. The van der Waals surface area contributed by atoms with Crippen LogP contribution in [0.15, 0.2) is 66.7 Å². The number of nitrogens with one attached hydrogen (secondary N) is 1. The van der Waals surface area contributed by atoms with Crippen molar-refractivity contribution in [2.24, 2.45) is 0 Å². The molecule has 0 unspecified atom stereocenters. The molecule has 1 heterocycles. The smallest absolute Gasteiger partial charge is 0.251 e. The van der Waals surface area contributed by atoms with Crippen molar-refractivity contribution < 1.29 is 9.53 Å². The molecule has 5 nitrogen and oxygen atoms in total. The van der Waals surface area contributed by atoms with Gasteiger partial charge < -0.3 is 14.6 Å². The van der Waals surface area contributed by atoms with E-state index < -0.39 is 0 Å². The number of rotatable bonds is 13. The minimum atomic E-state index is -0.0556. The van der Waals surface area contributed by atoms with Crippen LogP contribution < -0.4 is 10.1 Å². The largest absolute Gasteiger partial charge is 0.494 e. The lowest BCUT2D eigenvalue weighted by atomic mass is 10.1. The van der Waals surface area contributed by atoms with Crippen LogP contribution in [0.1, 0.15) is 59.4 Å². The number of carbonyl (C=O) groups excluding carboxylic acids is 1. The molecule has 37 heavy (non-hydrogen) atoms. The maximum absolute atomic E-state index is 12.2. The topological polar surface area (TPSA) is 56.1 Å². The first kappa shape index (κ1) is 26.7. The van der Waals surface area contributed by atoms with E-state index in [0.29, 0.717) is 23.7 Å². The number of ether oxygens (including phenoxy) is 1. The number of unbranched alkanes of at least 4 members (excludes halogenated alkanes) is 3. The zero-order valence-corrected chi connectivity index (χ0v) is 22.6. The van der Waals surface area contributed by atoms with E-state index in [0.717, 1.165) is 62.2 Å². The van der Waals surface area contributed by atoms with Gasteiger partial charge in [0.2, 0.25) is 0 Å². The van der Waals surface area contributed by atoms with Crippen LogP contribution in [0.3, 0.4) is 0 Å². The van der Waals surface area contributed by atoms with Crippen molar-refractivity contribution in [3.8, 4) is 5.75 Å². The zero-order valence-electron chi connectivity index (χ0n) is 21.8. The molecule has 0 aliphatic rings. The van der Waals surface area contributed by atoms with E-state index in [1.165, 1.54) is 16.6 Å². The fourth-order valence-corrected chi connectivity index (χ4v) is 4.55. The number of amides is 1. The van der Waals surface area contributed by atoms with Crippen LogP contribution in [0.25, 0.3) is 11.0 Å². The molecule has 1 aromatic heterocycles. The van der Waals surface area contributed by atoms with Crippen LogP contribution in [0.5, 0.6) is 5.75 Å². The molecule has 0 aliphatic carbocycles. The summed E-state index contributed by atoms with van der Waals surface area (Å²) in [5.74, 6) is 2.03. The molecule has 0 fully saturated rings. The number of fused-ring (bicyclic) bond motifs is 1. The lowest BCUT2D eigenvalue weighted by Gasteiger charge is -2.11. The number of halogens is 1. The highest BCUT2D eigenvalue weighted by atomic mass is 35.5. The van der Waals surface area contributed by atoms with E-state index in [9.17, 15) is 4.79 Å². The summed E-state index contributed by atoms with van der Waals surface area (Å²) in [4.78, 5) is 17.2. The fourth-order valence-electron chi connectivity index (χ4n) is 4.42. The van der Waals surface area contributed by atoms with Gasteiger partial charge in [-0.2, -0.15) is 0 Å². The Bertz CT molecular complexity index is 1310. The Balaban J connectivity index is 1.22. The van der Waals surface area contributed by atoms with Crippen LogP contribution in [0, 0.1) is 13.8 Å². The number of para-hydroxylation sites is 2. The normalized spacial score (nSPS) is 11.1. The Morgan fingerprint density at radius 1 is 0.919 bits per heavy atom. The number of carbonyl (C=O) groups is 1. The third-order valence-electron chi connectivity index (χ3n) is 6.73. The Hall–Kier alpha value is -3.31. The van der Waals surface area contributed by atoms with E-state index in [-0.39, 0.29) is 5.91 Å². The summed E-state index contributed by atoms with van der Waals surface area (Å²) in [6.45, 7) is 6.55. The molecular weight excluding hydrogens is 482 g/mol. The average molecular weight is 518 g/mol. The fraction of sp³-hybridized carbons (Fsp3) is 0.355. The number of aryl methyl sites for hydroxylation is 4. The van der Waals surface area contributed by atoms with Gasteiger partial charge in [-0.05, 0) is 99.2 Å².